The molecule has 0 saturated carbocycles. The maximum atomic E-state index is 12.7. The molecule has 0 fully saturated rings. The topological polar surface area (TPSA) is 89.1 Å². The van der Waals surface area contributed by atoms with Gasteiger partial charge in [-0.05, 0) is 48.5 Å². The van der Waals surface area contributed by atoms with Crippen LogP contribution in [0.3, 0.4) is 0 Å². The van der Waals surface area contributed by atoms with Crippen molar-refractivity contribution in [1.82, 2.24) is 20.5 Å². The number of nitrogens with one attached hydrogen (secondary N) is 2. The number of aromatic nitrogens is 3. The first-order valence-electron chi connectivity index (χ1n) is 9.39. The van der Waals surface area contributed by atoms with Gasteiger partial charge in [-0.25, -0.2) is 4.98 Å². The van der Waals surface area contributed by atoms with Gasteiger partial charge in [-0.2, -0.15) is 5.10 Å². The van der Waals surface area contributed by atoms with Crippen molar-refractivity contribution in [2.75, 3.05) is 7.11 Å². The monoisotopic (exact) mass is 400 g/mol. The summed E-state index contributed by atoms with van der Waals surface area (Å²) in [4.78, 5) is 17.1. The lowest BCUT2D eigenvalue weighted by Crippen LogP contribution is -2.23. The van der Waals surface area contributed by atoms with E-state index in [1.807, 2.05) is 60.7 Å². The fourth-order valence-electron chi connectivity index (χ4n) is 2.86. The van der Waals surface area contributed by atoms with Crippen LogP contribution in [0, 0.1) is 0 Å². The van der Waals surface area contributed by atoms with Crippen molar-refractivity contribution in [2.24, 2.45) is 0 Å². The maximum Gasteiger partial charge on any atom is 0.255 e. The van der Waals surface area contributed by atoms with Gasteiger partial charge in [-0.15, -0.1) is 0 Å². The van der Waals surface area contributed by atoms with Gasteiger partial charge >= 0.3 is 0 Å². The molecule has 7 nitrogen and oxygen atoms in total. The fourth-order valence-corrected chi connectivity index (χ4v) is 2.86. The first-order valence-corrected chi connectivity index (χ1v) is 9.39. The number of ether oxygens (including phenoxy) is 2. The van der Waals surface area contributed by atoms with Crippen LogP contribution in [0.1, 0.15) is 16.2 Å². The number of nitrogens with zero attached hydrogens (tertiary/aromatic N) is 2. The smallest absolute Gasteiger partial charge is 0.255 e. The molecule has 1 amide bonds. The Labute approximate surface area is 173 Å². The van der Waals surface area contributed by atoms with Gasteiger partial charge in [0.2, 0.25) is 0 Å². The zero-order valence-corrected chi connectivity index (χ0v) is 16.3. The summed E-state index contributed by atoms with van der Waals surface area (Å²) in [5.41, 5.74) is 1.29. The predicted octanol–water partition coefficient (Wildman–Crippen LogP) is 4.20. The predicted molar refractivity (Wildman–Crippen MR) is 112 cm³/mol. The Balaban J connectivity index is 1.42. The van der Waals surface area contributed by atoms with Crippen LogP contribution in [0.2, 0.25) is 0 Å². The van der Waals surface area contributed by atoms with Crippen LogP contribution in [0.25, 0.3) is 11.4 Å². The van der Waals surface area contributed by atoms with Gasteiger partial charge in [0.25, 0.3) is 5.91 Å². The minimum Gasteiger partial charge on any atom is -0.497 e. The number of para-hydroxylation sites is 2. The highest BCUT2D eigenvalue weighted by Gasteiger charge is 2.14. The molecule has 0 aliphatic heterocycles. The summed E-state index contributed by atoms with van der Waals surface area (Å²) in [6.07, 6.45) is 0. The Morgan fingerprint density at radius 3 is 2.43 bits per heavy atom. The number of H-pyrrole nitrogens is 1. The molecule has 0 atom stereocenters. The first-order chi connectivity index (χ1) is 14.7. The molecule has 0 aliphatic carbocycles. The molecule has 0 spiro atoms. The standard InChI is InChI=1S/C23H20N4O3/c1-29-17-13-11-16(12-14-17)22-25-21(26-27-22)15-24-23(28)19-9-5-6-10-20(19)30-18-7-3-2-4-8-18/h2-14H,15H2,1H3,(H,24,28)(H,25,26,27). The molecule has 30 heavy (non-hydrogen) atoms. The lowest BCUT2D eigenvalue weighted by molar-refractivity contribution is 0.0947. The van der Waals surface area contributed by atoms with E-state index in [0.717, 1.165) is 11.3 Å². The van der Waals surface area contributed by atoms with Gasteiger partial charge in [0.05, 0.1) is 19.2 Å². The summed E-state index contributed by atoms with van der Waals surface area (Å²) < 4.78 is 11.0. The number of carbonyl (C=O) groups excluding carboxylic acids is 1. The maximum absolute atomic E-state index is 12.7. The molecule has 0 unspecified atom stereocenters. The highest BCUT2D eigenvalue weighted by molar-refractivity contribution is 5.96. The van der Waals surface area contributed by atoms with Crippen LogP contribution < -0.4 is 14.8 Å². The van der Waals surface area contributed by atoms with Gasteiger partial charge in [-0.1, -0.05) is 30.3 Å². The quantitative estimate of drug-likeness (QED) is 0.485. The van der Waals surface area contributed by atoms with E-state index in [2.05, 4.69) is 20.5 Å². The molecule has 0 saturated heterocycles. The van der Waals surface area contributed by atoms with E-state index in [1.165, 1.54) is 0 Å². The number of carbonyl (C=O) groups is 1. The summed E-state index contributed by atoms with van der Waals surface area (Å²) in [7, 11) is 1.62. The van der Waals surface area contributed by atoms with E-state index in [9.17, 15) is 4.79 Å². The van der Waals surface area contributed by atoms with Crippen LogP contribution >= 0.6 is 0 Å². The molecule has 2 N–H and O–H groups in total. The zero-order valence-electron chi connectivity index (χ0n) is 16.3. The van der Waals surface area contributed by atoms with Gasteiger partial charge in [0, 0.05) is 5.56 Å². The minimum atomic E-state index is -0.260. The molecular weight excluding hydrogens is 380 g/mol. The second-order valence-corrected chi connectivity index (χ2v) is 6.43. The van der Waals surface area contributed by atoms with Gasteiger partial charge < -0.3 is 14.8 Å². The Morgan fingerprint density at radius 1 is 0.933 bits per heavy atom. The number of methoxy groups -OCH3 is 1. The van der Waals surface area contributed by atoms with E-state index in [-0.39, 0.29) is 12.5 Å². The van der Waals surface area contributed by atoms with Crippen molar-refractivity contribution >= 4 is 5.91 Å². The molecule has 0 aliphatic rings. The second-order valence-electron chi connectivity index (χ2n) is 6.43. The van der Waals surface area contributed by atoms with Gasteiger partial charge in [0.1, 0.15) is 23.1 Å². The number of benzene rings is 3. The third kappa shape index (κ3) is 4.47. The third-order valence-corrected chi connectivity index (χ3v) is 4.40. The molecule has 4 rings (SSSR count). The van der Waals surface area contributed by atoms with E-state index in [4.69, 9.17) is 9.47 Å². The van der Waals surface area contributed by atoms with Crippen molar-refractivity contribution in [2.45, 2.75) is 6.54 Å². The third-order valence-electron chi connectivity index (χ3n) is 4.40. The number of amides is 1. The van der Waals surface area contributed by atoms with Crippen molar-refractivity contribution < 1.29 is 14.3 Å². The van der Waals surface area contributed by atoms with Crippen LogP contribution in [-0.2, 0) is 6.54 Å². The Bertz CT molecular complexity index is 1120. The summed E-state index contributed by atoms with van der Waals surface area (Å²) in [5.74, 6) is 2.75. The molecule has 0 bridgehead atoms. The molecule has 3 aromatic carbocycles. The average molecular weight is 400 g/mol. The van der Waals surface area contributed by atoms with Crippen LogP contribution in [0.4, 0.5) is 0 Å². The number of hydrogen-bond acceptors (Lipinski definition) is 5. The summed E-state index contributed by atoms with van der Waals surface area (Å²) in [5, 5.41) is 9.92. The molecule has 1 aromatic heterocycles. The Hall–Kier alpha value is -4.13. The molecule has 7 heteroatoms. The van der Waals surface area contributed by atoms with Crippen molar-refractivity contribution in [3.8, 4) is 28.6 Å². The normalized spacial score (nSPS) is 10.4. The highest BCUT2D eigenvalue weighted by Crippen LogP contribution is 2.25. The molecule has 1 heterocycles. The van der Waals surface area contributed by atoms with Crippen molar-refractivity contribution in [3.63, 3.8) is 0 Å². The van der Waals surface area contributed by atoms with E-state index >= 15 is 0 Å². The van der Waals surface area contributed by atoms with Crippen molar-refractivity contribution in [1.29, 1.82) is 0 Å². The largest absolute Gasteiger partial charge is 0.497 e. The van der Waals surface area contributed by atoms with Crippen LogP contribution in [0.15, 0.2) is 78.9 Å². The minimum absolute atomic E-state index is 0.210. The van der Waals surface area contributed by atoms with E-state index < -0.39 is 0 Å². The second kappa shape index (κ2) is 8.91. The Morgan fingerprint density at radius 2 is 1.67 bits per heavy atom. The van der Waals surface area contributed by atoms with E-state index in [1.54, 1.807) is 25.3 Å². The molecule has 4 aromatic rings. The van der Waals surface area contributed by atoms with Gasteiger partial charge in [-0.3, -0.25) is 9.89 Å². The van der Waals surface area contributed by atoms with Gasteiger partial charge in [0.15, 0.2) is 5.82 Å². The Kier molecular flexibility index (Phi) is 5.70. The highest BCUT2D eigenvalue weighted by atomic mass is 16.5. The molecular formula is C23H20N4O3. The molecule has 150 valence electrons. The zero-order chi connectivity index (χ0) is 20.8. The first kappa shape index (κ1) is 19.2. The van der Waals surface area contributed by atoms with Crippen molar-refractivity contribution in [3.05, 3.63) is 90.3 Å². The number of aromatic amines is 1. The van der Waals surface area contributed by atoms with Crippen LogP contribution in [-0.4, -0.2) is 28.2 Å². The number of hydrogen-bond donors (Lipinski definition) is 2. The SMILES string of the molecule is COc1ccc(-c2n[nH]c(CNC(=O)c3ccccc3Oc3ccccc3)n2)cc1. The number of rotatable bonds is 7. The summed E-state index contributed by atoms with van der Waals surface area (Å²) in [6, 6.07) is 23.9. The fraction of sp³-hybridized carbons (Fsp3) is 0.0870. The average Bonchev–Trinajstić information content (AvgIpc) is 3.28. The van der Waals surface area contributed by atoms with E-state index in [0.29, 0.717) is 28.7 Å². The summed E-state index contributed by atoms with van der Waals surface area (Å²) in [6.45, 7) is 0.210. The van der Waals surface area contributed by atoms with Crippen LogP contribution in [0.5, 0.6) is 17.2 Å². The summed E-state index contributed by atoms with van der Waals surface area (Å²) >= 11 is 0. The lowest BCUT2D eigenvalue weighted by atomic mass is 10.2. The lowest BCUT2D eigenvalue weighted by Gasteiger charge is -2.10. The molecule has 0 radical (unpaired) electrons.